The number of nitrogens with one attached hydrogen (secondary N) is 1. The van der Waals surface area contributed by atoms with Gasteiger partial charge in [-0.25, -0.2) is 5.84 Å². The number of nitrogens with zero attached hydrogens (tertiary/aromatic N) is 3. The number of aromatic nitrogens is 1. The van der Waals surface area contributed by atoms with Crippen LogP contribution in [0.4, 0.5) is 0 Å². The molecule has 0 aliphatic carbocycles. The molecule has 1 heterocycles. The standard InChI is InChI=1S/C11H17N5O2/c1-8(2)16(5-3-4-12)7-9-6-10(15-18-9)11(17)14-13/h6,8H,3,5,7,13H2,1-2H3,(H,14,17). The lowest BCUT2D eigenvalue weighted by molar-refractivity contribution is 0.0944. The van der Waals surface area contributed by atoms with Crippen LogP contribution in [0, 0.1) is 11.3 Å². The summed E-state index contributed by atoms with van der Waals surface area (Å²) in [7, 11) is 0. The number of nitrogen functional groups attached to an aromatic ring is 1. The molecule has 0 fully saturated rings. The van der Waals surface area contributed by atoms with E-state index in [4.69, 9.17) is 15.6 Å². The van der Waals surface area contributed by atoms with Crippen molar-refractivity contribution in [1.82, 2.24) is 15.5 Å². The number of hydrogen-bond donors (Lipinski definition) is 2. The maximum Gasteiger partial charge on any atom is 0.287 e. The minimum absolute atomic E-state index is 0.150. The third-order valence-electron chi connectivity index (χ3n) is 2.52. The van der Waals surface area contributed by atoms with E-state index in [-0.39, 0.29) is 11.7 Å². The summed E-state index contributed by atoms with van der Waals surface area (Å²) >= 11 is 0. The average molecular weight is 251 g/mol. The molecule has 1 rings (SSSR count). The van der Waals surface area contributed by atoms with Gasteiger partial charge in [-0.15, -0.1) is 0 Å². The number of carbonyl (C=O) groups is 1. The van der Waals surface area contributed by atoms with Crippen LogP contribution < -0.4 is 11.3 Å². The van der Waals surface area contributed by atoms with Gasteiger partial charge in [0, 0.05) is 25.1 Å². The molecule has 1 aromatic rings. The molecule has 0 unspecified atom stereocenters. The fourth-order valence-electron chi connectivity index (χ4n) is 1.48. The van der Waals surface area contributed by atoms with Gasteiger partial charge in [-0.05, 0) is 13.8 Å². The molecule has 0 saturated carbocycles. The first-order valence-corrected chi connectivity index (χ1v) is 5.66. The summed E-state index contributed by atoms with van der Waals surface area (Å²) in [5, 5.41) is 12.2. The highest BCUT2D eigenvalue weighted by molar-refractivity contribution is 5.91. The summed E-state index contributed by atoms with van der Waals surface area (Å²) in [4.78, 5) is 13.3. The van der Waals surface area contributed by atoms with Crippen LogP contribution >= 0.6 is 0 Å². The quantitative estimate of drug-likeness (QED) is 0.430. The molecule has 1 amide bonds. The lowest BCUT2D eigenvalue weighted by Crippen LogP contribution is -2.31. The van der Waals surface area contributed by atoms with Crippen LogP contribution in [-0.4, -0.2) is 28.6 Å². The van der Waals surface area contributed by atoms with Crippen molar-refractivity contribution in [1.29, 1.82) is 5.26 Å². The molecule has 98 valence electrons. The molecule has 1 aromatic heterocycles. The third-order valence-corrected chi connectivity index (χ3v) is 2.52. The lowest BCUT2D eigenvalue weighted by Gasteiger charge is -2.23. The fraction of sp³-hybridized carbons (Fsp3) is 0.545. The lowest BCUT2D eigenvalue weighted by atomic mass is 10.2. The average Bonchev–Trinajstić information content (AvgIpc) is 2.81. The van der Waals surface area contributed by atoms with Gasteiger partial charge in [-0.2, -0.15) is 5.26 Å². The molecule has 0 atom stereocenters. The Morgan fingerprint density at radius 1 is 1.72 bits per heavy atom. The second kappa shape index (κ2) is 6.74. The number of rotatable bonds is 6. The predicted molar refractivity (Wildman–Crippen MR) is 63.9 cm³/mol. The number of nitriles is 1. The largest absolute Gasteiger partial charge is 0.359 e. The summed E-state index contributed by atoms with van der Waals surface area (Å²) in [5.74, 6) is 5.08. The van der Waals surface area contributed by atoms with E-state index in [2.05, 4.69) is 16.1 Å². The van der Waals surface area contributed by atoms with Crippen molar-refractivity contribution < 1.29 is 9.32 Å². The normalized spacial score (nSPS) is 10.7. The van der Waals surface area contributed by atoms with Crippen LogP contribution in [0.3, 0.4) is 0 Å². The summed E-state index contributed by atoms with van der Waals surface area (Å²) in [5.41, 5.74) is 2.14. The Hall–Kier alpha value is -1.91. The van der Waals surface area contributed by atoms with E-state index in [1.165, 1.54) is 0 Å². The van der Waals surface area contributed by atoms with Gasteiger partial charge in [-0.1, -0.05) is 5.16 Å². The first-order valence-electron chi connectivity index (χ1n) is 5.66. The van der Waals surface area contributed by atoms with Gasteiger partial charge in [0.05, 0.1) is 12.6 Å². The molecule has 18 heavy (non-hydrogen) atoms. The Morgan fingerprint density at radius 2 is 2.44 bits per heavy atom. The summed E-state index contributed by atoms with van der Waals surface area (Å²) in [6.45, 7) is 5.21. The number of hydrogen-bond acceptors (Lipinski definition) is 6. The smallest absolute Gasteiger partial charge is 0.287 e. The Labute approximate surface area is 105 Å². The Kier molecular flexibility index (Phi) is 5.30. The van der Waals surface area contributed by atoms with Gasteiger partial charge < -0.3 is 4.52 Å². The zero-order valence-corrected chi connectivity index (χ0v) is 10.5. The zero-order chi connectivity index (χ0) is 13.5. The molecule has 7 nitrogen and oxygen atoms in total. The van der Waals surface area contributed by atoms with E-state index in [1.54, 1.807) is 6.07 Å². The molecule has 0 saturated heterocycles. The fourth-order valence-corrected chi connectivity index (χ4v) is 1.48. The van der Waals surface area contributed by atoms with Gasteiger partial charge in [0.2, 0.25) is 0 Å². The molecule has 0 aromatic carbocycles. The summed E-state index contributed by atoms with van der Waals surface area (Å²) in [6, 6.07) is 3.92. The Morgan fingerprint density at radius 3 is 3.00 bits per heavy atom. The van der Waals surface area contributed by atoms with Crippen LogP contribution in [0.1, 0.15) is 36.5 Å². The van der Waals surface area contributed by atoms with Crippen LogP contribution in [0.25, 0.3) is 0 Å². The van der Waals surface area contributed by atoms with E-state index in [9.17, 15) is 4.79 Å². The molecule has 0 aliphatic heterocycles. The minimum atomic E-state index is -0.488. The second-order valence-corrected chi connectivity index (χ2v) is 4.12. The van der Waals surface area contributed by atoms with Crippen molar-refractivity contribution >= 4 is 5.91 Å². The van der Waals surface area contributed by atoms with Gasteiger partial charge >= 0.3 is 0 Å². The molecule has 0 radical (unpaired) electrons. The van der Waals surface area contributed by atoms with Crippen molar-refractivity contribution in [2.45, 2.75) is 32.9 Å². The van der Waals surface area contributed by atoms with Gasteiger partial charge in [0.25, 0.3) is 5.91 Å². The van der Waals surface area contributed by atoms with Crippen molar-refractivity contribution in [3.05, 3.63) is 17.5 Å². The van der Waals surface area contributed by atoms with Crippen molar-refractivity contribution in [3.8, 4) is 6.07 Å². The van der Waals surface area contributed by atoms with Crippen molar-refractivity contribution in [2.75, 3.05) is 6.54 Å². The van der Waals surface area contributed by atoms with Gasteiger partial charge in [-0.3, -0.25) is 15.1 Å². The monoisotopic (exact) mass is 251 g/mol. The highest BCUT2D eigenvalue weighted by Gasteiger charge is 2.15. The Bertz CT molecular complexity index is 435. The maximum atomic E-state index is 11.2. The van der Waals surface area contributed by atoms with E-state index in [0.717, 1.165) is 0 Å². The SMILES string of the molecule is CC(C)N(CCC#N)Cc1cc(C(=O)NN)no1. The van der Waals surface area contributed by atoms with E-state index >= 15 is 0 Å². The predicted octanol–water partition coefficient (Wildman–Crippen LogP) is 0.402. The van der Waals surface area contributed by atoms with Gasteiger partial charge in [0.1, 0.15) is 0 Å². The molecular formula is C11H17N5O2. The van der Waals surface area contributed by atoms with Crippen LogP contribution in [0.2, 0.25) is 0 Å². The molecule has 7 heteroatoms. The van der Waals surface area contributed by atoms with Crippen LogP contribution in [-0.2, 0) is 6.54 Å². The zero-order valence-electron chi connectivity index (χ0n) is 10.5. The molecular weight excluding hydrogens is 234 g/mol. The number of carbonyl (C=O) groups excluding carboxylic acids is 1. The first-order chi connectivity index (χ1) is 8.58. The molecule has 0 bridgehead atoms. The second-order valence-electron chi connectivity index (χ2n) is 4.12. The Balaban J connectivity index is 2.66. The van der Waals surface area contributed by atoms with E-state index in [1.807, 2.05) is 19.3 Å². The highest BCUT2D eigenvalue weighted by Crippen LogP contribution is 2.10. The summed E-state index contributed by atoms with van der Waals surface area (Å²) < 4.78 is 5.06. The molecule has 0 aliphatic rings. The van der Waals surface area contributed by atoms with Crippen LogP contribution in [0.5, 0.6) is 0 Å². The van der Waals surface area contributed by atoms with Crippen molar-refractivity contribution in [3.63, 3.8) is 0 Å². The molecule has 0 spiro atoms. The highest BCUT2D eigenvalue weighted by atomic mass is 16.5. The number of hydrazine groups is 1. The molecule has 3 N–H and O–H groups in total. The topological polar surface area (TPSA) is 108 Å². The maximum absolute atomic E-state index is 11.2. The number of amides is 1. The van der Waals surface area contributed by atoms with E-state index < -0.39 is 5.91 Å². The van der Waals surface area contributed by atoms with Gasteiger partial charge in [0.15, 0.2) is 11.5 Å². The first kappa shape index (κ1) is 14.2. The summed E-state index contributed by atoms with van der Waals surface area (Å²) in [6.07, 6.45) is 0.447. The van der Waals surface area contributed by atoms with Crippen molar-refractivity contribution in [2.24, 2.45) is 5.84 Å². The third kappa shape index (κ3) is 3.84. The van der Waals surface area contributed by atoms with Crippen LogP contribution in [0.15, 0.2) is 10.6 Å². The van der Waals surface area contributed by atoms with E-state index in [0.29, 0.717) is 25.3 Å². The number of nitrogens with two attached hydrogens (primary N) is 1. The minimum Gasteiger partial charge on any atom is -0.359 e.